The summed E-state index contributed by atoms with van der Waals surface area (Å²) in [7, 11) is 0. The second-order valence-electron chi connectivity index (χ2n) is 4.48. The van der Waals surface area contributed by atoms with Gasteiger partial charge in [-0.05, 0) is 12.1 Å². The van der Waals surface area contributed by atoms with E-state index in [9.17, 15) is 9.59 Å². The summed E-state index contributed by atoms with van der Waals surface area (Å²) in [6, 6.07) is 3.48. The molecular weight excluding hydrogens is 300 g/mol. The average molecular weight is 311 g/mol. The fourth-order valence-electron chi connectivity index (χ4n) is 2.16. The molecular formula is C12H11ClN4O2S. The zero-order valence-corrected chi connectivity index (χ0v) is 12.2. The quantitative estimate of drug-likeness (QED) is 0.845. The lowest BCUT2D eigenvalue weighted by Gasteiger charge is -2.10. The Hall–Kier alpha value is -1.60. The third kappa shape index (κ3) is 2.38. The van der Waals surface area contributed by atoms with Gasteiger partial charge in [0.1, 0.15) is 0 Å². The molecule has 1 aliphatic heterocycles. The van der Waals surface area contributed by atoms with Gasteiger partial charge in [0.25, 0.3) is 5.95 Å². The van der Waals surface area contributed by atoms with Crippen molar-refractivity contribution in [1.29, 1.82) is 0 Å². The Balaban J connectivity index is 1.89. The van der Waals surface area contributed by atoms with E-state index in [0.717, 1.165) is 0 Å². The van der Waals surface area contributed by atoms with Crippen LogP contribution >= 0.6 is 23.4 Å². The highest BCUT2D eigenvalue weighted by molar-refractivity contribution is 8.14. The zero-order chi connectivity index (χ0) is 14.3. The molecule has 0 aromatic carbocycles. The molecule has 1 unspecified atom stereocenters. The highest BCUT2D eigenvalue weighted by atomic mass is 35.5. The summed E-state index contributed by atoms with van der Waals surface area (Å²) in [5.74, 6) is 0.255. The van der Waals surface area contributed by atoms with Crippen LogP contribution in [-0.2, 0) is 9.59 Å². The van der Waals surface area contributed by atoms with Crippen LogP contribution < -0.4 is 4.90 Å². The fourth-order valence-corrected chi connectivity index (χ4v) is 3.28. The lowest BCUT2D eigenvalue weighted by molar-refractivity contribution is -0.117. The van der Waals surface area contributed by atoms with E-state index in [4.69, 9.17) is 11.6 Å². The van der Waals surface area contributed by atoms with E-state index < -0.39 is 0 Å². The van der Waals surface area contributed by atoms with Crippen LogP contribution in [0.25, 0.3) is 5.65 Å². The van der Waals surface area contributed by atoms with Gasteiger partial charge >= 0.3 is 0 Å². The predicted octanol–water partition coefficient (Wildman–Crippen LogP) is 1.77. The molecule has 0 N–H and O–H groups in total. The van der Waals surface area contributed by atoms with Gasteiger partial charge in [0.2, 0.25) is 5.91 Å². The lowest BCUT2D eigenvalue weighted by Crippen LogP contribution is -2.26. The Morgan fingerprint density at radius 3 is 3.05 bits per heavy atom. The molecule has 0 bridgehead atoms. The summed E-state index contributed by atoms with van der Waals surface area (Å²) in [5.41, 5.74) is 0.514. The number of carbonyl (C=O) groups is 2. The summed E-state index contributed by atoms with van der Waals surface area (Å²) in [6.45, 7) is 1.94. The molecule has 1 amide bonds. The first-order chi connectivity index (χ1) is 9.54. The van der Waals surface area contributed by atoms with Crippen molar-refractivity contribution in [3.8, 4) is 0 Å². The number of amides is 1. The molecule has 1 saturated heterocycles. The molecule has 20 heavy (non-hydrogen) atoms. The first kappa shape index (κ1) is 13.4. The summed E-state index contributed by atoms with van der Waals surface area (Å²) in [5, 5.41) is 4.70. The fraction of sp³-hybridized carbons (Fsp3) is 0.333. The van der Waals surface area contributed by atoms with Crippen molar-refractivity contribution < 1.29 is 9.59 Å². The summed E-state index contributed by atoms with van der Waals surface area (Å²) >= 11 is 7.22. The number of carbonyl (C=O) groups excluding carboxylic acids is 2. The van der Waals surface area contributed by atoms with Crippen molar-refractivity contribution in [1.82, 2.24) is 14.6 Å². The second kappa shape index (κ2) is 5.06. The molecule has 1 atom stereocenters. The van der Waals surface area contributed by atoms with Crippen molar-refractivity contribution in [3.63, 3.8) is 0 Å². The highest BCUT2D eigenvalue weighted by Crippen LogP contribution is 2.27. The minimum atomic E-state index is -0.0734. The Morgan fingerprint density at radius 1 is 1.55 bits per heavy atom. The van der Waals surface area contributed by atoms with Crippen LogP contribution in [-0.4, -0.2) is 37.4 Å². The number of hydrogen-bond donors (Lipinski definition) is 0. The van der Waals surface area contributed by atoms with Crippen LogP contribution in [0.15, 0.2) is 18.3 Å². The Morgan fingerprint density at radius 2 is 2.35 bits per heavy atom. The minimum absolute atomic E-state index is 0.00987. The molecule has 1 fully saturated rings. The summed E-state index contributed by atoms with van der Waals surface area (Å²) in [4.78, 5) is 28.9. The monoisotopic (exact) mass is 310 g/mol. The molecule has 0 spiro atoms. The molecule has 6 nitrogen and oxygen atoms in total. The number of pyridine rings is 1. The van der Waals surface area contributed by atoms with Crippen molar-refractivity contribution in [2.45, 2.75) is 18.6 Å². The molecule has 8 heteroatoms. The van der Waals surface area contributed by atoms with Crippen molar-refractivity contribution in [2.24, 2.45) is 0 Å². The number of aromatic nitrogens is 3. The molecule has 0 aliphatic carbocycles. The number of nitrogens with zero attached hydrogens (tertiary/aromatic N) is 4. The van der Waals surface area contributed by atoms with Crippen molar-refractivity contribution >= 4 is 46.0 Å². The van der Waals surface area contributed by atoms with E-state index in [0.29, 0.717) is 29.6 Å². The lowest BCUT2D eigenvalue weighted by atomic mass is 10.4. The SMILES string of the molecule is CC(=O)SC1CC(=O)N(c2nc3c(Cl)cccn3n2)C1. The average Bonchev–Trinajstić information content (AvgIpc) is 2.93. The van der Waals surface area contributed by atoms with Crippen LogP contribution in [0.2, 0.25) is 5.02 Å². The van der Waals surface area contributed by atoms with E-state index in [1.165, 1.54) is 28.1 Å². The molecule has 0 saturated carbocycles. The molecule has 0 radical (unpaired) electrons. The minimum Gasteiger partial charge on any atom is -0.288 e. The van der Waals surface area contributed by atoms with Crippen LogP contribution in [0, 0.1) is 0 Å². The Labute approximate surface area is 124 Å². The molecule has 104 valence electrons. The van der Waals surface area contributed by atoms with Crippen LogP contribution in [0.4, 0.5) is 5.95 Å². The van der Waals surface area contributed by atoms with Gasteiger partial charge in [-0.25, -0.2) is 4.52 Å². The molecule has 2 aromatic heterocycles. The Kier molecular flexibility index (Phi) is 3.39. The van der Waals surface area contributed by atoms with Gasteiger partial charge in [0.15, 0.2) is 10.8 Å². The third-order valence-electron chi connectivity index (χ3n) is 2.97. The van der Waals surface area contributed by atoms with Gasteiger partial charge in [-0.2, -0.15) is 4.98 Å². The van der Waals surface area contributed by atoms with Crippen molar-refractivity contribution in [2.75, 3.05) is 11.4 Å². The molecule has 3 rings (SSSR count). The molecule has 3 heterocycles. The van der Waals surface area contributed by atoms with Gasteiger partial charge in [0, 0.05) is 31.3 Å². The van der Waals surface area contributed by atoms with E-state index in [2.05, 4.69) is 10.1 Å². The smallest absolute Gasteiger partial charge is 0.252 e. The van der Waals surface area contributed by atoms with Gasteiger partial charge in [-0.1, -0.05) is 23.4 Å². The van der Waals surface area contributed by atoms with Gasteiger partial charge in [-0.3, -0.25) is 14.5 Å². The first-order valence-corrected chi connectivity index (χ1v) is 7.29. The normalized spacial score (nSPS) is 19.0. The second-order valence-corrected chi connectivity index (χ2v) is 6.36. The van der Waals surface area contributed by atoms with Crippen LogP contribution in [0.1, 0.15) is 13.3 Å². The van der Waals surface area contributed by atoms with E-state index >= 15 is 0 Å². The number of fused-ring (bicyclic) bond motifs is 1. The van der Waals surface area contributed by atoms with Gasteiger partial charge in [0.05, 0.1) is 5.02 Å². The van der Waals surface area contributed by atoms with E-state index in [1.54, 1.807) is 18.3 Å². The third-order valence-corrected chi connectivity index (χ3v) is 4.24. The van der Waals surface area contributed by atoms with E-state index in [1.807, 2.05) is 0 Å². The van der Waals surface area contributed by atoms with Crippen LogP contribution in [0.5, 0.6) is 0 Å². The zero-order valence-electron chi connectivity index (χ0n) is 10.6. The van der Waals surface area contributed by atoms with Crippen molar-refractivity contribution in [3.05, 3.63) is 23.4 Å². The van der Waals surface area contributed by atoms with Gasteiger partial charge < -0.3 is 0 Å². The predicted molar refractivity (Wildman–Crippen MR) is 77.0 cm³/mol. The summed E-state index contributed by atoms with van der Waals surface area (Å²) < 4.78 is 1.54. The van der Waals surface area contributed by atoms with Crippen LogP contribution in [0.3, 0.4) is 0 Å². The maximum absolute atomic E-state index is 12.0. The highest BCUT2D eigenvalue weighted by Gasteiger charge is 2.34. The Bertz CT molecular complexity index is 702. The number of thioether (sulfide) groups is 1. The number of halogens is 1. The first-order valence-electron chi connectivity index (χ1n) is 6.03. The number of hydrogen-bond acceptors (Lipinski definition) is 5. The standard InChI is InChI=1S/C12H11ClN4O2S/c1-7(18)20-8-5-10(19)16(6-8)12-14-11-9(13)3-2-4-17(11)15-12/h2-4,8H,5-6H2,1H3. The maximum Gasteiger partial charge on any atom is 0.252 e. The number of anilines is 1. The molecule has 1 aliphatic rings. The molecule has 2 aromatic rings. The topological polar surface area (TPSA) is 67.6 Å². The number of rotatable bonds is 2. The van der Waals surface area contributed by atoms with Gasteiger partial charge in [-0.15, -0.1) is 5.10 Å². The maximum atomic E-state index is 12.0. The summed E-state index contributed by atoms with van der Waals surface area (Å²) in [6.07, 6.45) is 2.05. The van der Waals surface area contributed by atoms with E-state index in [-0.39, 0.29) is 16.3 Å². The largest absolute Gasteiger partial charge is 0.288 e.